The second-order valence-corrected chi connectivity index (χ2v) is 7.24. The van der Waals surface area contributed by atoms with E-state index in [9.17, 15) is 0 Å². The number of hydrogen-bond donors (Lipinski definition) is 0. The molecule has 2 nitrogen and oxygen atoms in total. The summed E-state index contributed by atoms with van der Waals surface area (Å²) in [5.41, 5.74) is 0. The lowest BCUT2D eigenvalue weighted by atomic mass is 10.4. The molecule has 0 aromatic rings. The fourth-order valence-corrected chi connectivity index (χ4v) is 0.917. The van der Waals surface area contributed by atoms with Crippen LogP contribution in [0.25, 0.3) is 0 Å². The molecule has 72 valence electrons. The highest BCUT2D eigenvalue weighted by Crippen LogP contribution is 1.93. The van der Waals surface area contributed by atoms with Gasteiger partial charge in [-0.2, -0.15) is 0 Å². The highest BCUT2D eigenvalue weighted by atomic mass is 27.2. The molecule has 0 saturated carbocycles. The van der Waals surface area contributed by atoms with Gasteiger partial charge >= 0.3 is 0 Å². The van der Waals surface area contributed by atoms with E-state index in [0.717, 1.165) is 26.3 Å². The molecule has 1 saturated heterocycles. The lowest BCUT2D eigenvalue weighted by Crippen LogP contribution is -2.35. The largest absolute Gasteiger partial charge is 0.379 e. The van der Waals surface area contributed by atoms with Gasteiger partial charge in [-0.3, -0.25) is 4.90 Å². The number of nitrogens with zero attached hydrogens (tertiary/aromatic N) is 1. The number of morpholine rings is 1. The third kappa shape index (κ3) is 8.55. The molecule has 12 heavy (non-hydrogen) atoms. The Morgan fingerprint density at radius 3 is 1.83 bits per heavy atom. The summed E-state index contributed by atoms with van der Waals surface area (Å²) in [5, 5.41) is 0. The Kier molecular flexibility index (Phi) is 8.37. The molecule has 0 spiro atoms. The summed E-state index contributed by atoms with van der Waals surface area (Å²) >= 11 is -0.139. The summed E-state index contributed by atoms with van der Waals surface area (Å²) in [6.45, 7) is 7.45. The molecule has 0 aromatic heterocycles. The Morgan fingerprint density at radius 1 is 1.17 bits per heavy atom. The first-order valence-corrected chi connectivity index (χ1v) is 8.43. The summed E-state index contributed by atoms with van der Waals surface area (Å²) in [6.07, 6.45) is 0. The van der Waals surface area contributed by atoms with E-state index in [1.807, 2.05) is 0 Å². The molecule has 0 aromatic carbocycles. The van der Waals surface area contributed by atoms with Crippen LogP contribution in [0.5, 0.6) is 0 Å². The number of hydrogen-bond acceptors (Lipinski definition) is 2. The molecular weight excluding hydrogens is 165 g/mol. The van der Waals surface area contributed by atoms with Crippen LogP contribution in [-0.4, -0.2) is 51.9 Å². The first kappa shape index (κ1) is 12.5. The topological polar surface area (TPSA) is 12.5 Å². The van der Waals surface area contributed by atoms with Gasteiger partial charge < -0.3 is 4.74 Å². The van der Waals surface area contributed by atoms with Crippen LogP contribution in [0.15, 0.2) is 0 Å². The molecule has 1 fully saturated rings. The van der Waals surface area contributed by atoms with Crippen LogP contribution in [0.1, 0.15) is 6.92 Å². The van der Waals surface area contributed by atoms with Crippen LogP contribution in [0.2, 0.25) is 17.4 Å². The van der Waals surface area contributed by atoms with Crippen molar-refractivity contribution in [2.24, 2.45) is 0 Å². The minimum absolute atomic E-state index is 0.139. The zero-order valence-corrected chi connectivity index (χ0v) is 10.1. The fourth-order valence-electron chi connectivity index (χ4n) is 0.917. The van der Waals surface area contributed by atoms with E-state index in [4.69, 9.17) is 4.74 Å². The lowest BCUT2D eigenvalue weighted by Gasteiger charge is -2.24. The molecule has 0 atom stereocenters. The van der Waals surface area contributed by atoms with Gasteiger partial charge in [-0.25, -0.2) is 0 Å². The molecule has 0 N–H and O–H groups in total. The summed E-state index contributed by atoms with van der Waals surface area (Å²) < 4.78 is 5.16. The first-order chi connectivity index (χ1) is 5.66. The van der Waals surface area contributed by atoms with Crippen LogP contribution >= 0.6 is 0 Å². The van der Waals surface area contributed by atoms with Crippen molar-refractivity contribution in [3.8, 4) is 0 Å². The van der Waals surface area contributed by atoms with Crippen LogP contribution < -0.4 is 0 Å². The summed E-state index contributed by atoms with van der Waals surface area (Å²) in [7, 11) is 0. The van der Waals surface area contributed by atoms with Gasteiger partial charge in [0, 0.05) is 13.1 Å². The lowest BCUT2D eigenvalue weighted by molar-refractivity contribution is 0.0405. The molecule has 1 aliphatic heterocycles. The monoisotopic (exact) mass is 187 g/mol. The number of rotatable bonds is 1. The van der Waals surface area contributed by atoms with E-state index in [0.29, 0.717) is 0 Å². The predicted octanol–water partition coefficient (Wildman–Crippen LogP) is 1.71. The Labute approximate surface area is 81.3 Å². The fraction of sp³-hybridized carbons (Fsp3) is 1.00. The summed E-state index contributed by atoms with van der Waals surface area (Å²) in [6, 6.07) is 0. The van der Waals surface area contributed by atoms with Crippen LogP contribution in [0.4, 0.5) is 0 Å². The van der Waals surface area contributed by atoms with Crippen molar-refractivity contribution in [1.82, 2.24) is 4.90 Å². The van der Waals surface area contributed by atoms with Gasteiger partial charge in [0.15, 0.2) is 0 Å². The molecule has 3 heteroatoms. The molecule has 0 amide bonds. The summed E-state index contributed by atoms with van der Waals surface area (Å²) in [4.78, 5) is 2.39. The average molecular weight is 187 g/mol. The molecule has 0 bridgehead atoms. The molecule has 1 rings (SSSR count). The quantitative estimate of drug-likeness (QED) is 0.579. The molecule has 0 aliphatic carbocycles. The van der Waals surface area contributed by atoms with Crippen LogP contribution in [-0.2, 0) is 4.74 Å². The van der Waals surface area contributed by atoms with E-state index in [-0.39, 0.29) is 14.1 Å². The molecule has 1 aliphatic rings. The van der Waals surface area contributed by atoms with Gasteiger partial charge in [0.2, 0.25) is 0 Å². The van der Waals surface area contributed by atoms with Crippen molar-refractivity contribution >= 4 is 14.1 Å². The predicted molar refractivity (Wildman–Crippen MR) is 56.3 cm³/mol. The highest BCUT2D eigenvalue weighted by Gasteiger charge is 2.05. The second-order valence-electron chi connectivity index (χ2n) is 3.78. The SMILES string of the molecule is CCN1CCOCC1.[CH3][Al]([CH3])[CH3]. The minimum atomic E-state index is -0.139. The maximum Gasteiger partial charge on any atom is 0.251 e. The van der Waals surface area contributed by atoms with Gasteiger partial charge in [-0.15, -0.1) is 17.4 Å². The van der Waals surface area contributed by atoms with Gasteiger partial charge in [-0.05, 0) is 6.54 Å². The molecule has 0 unspecified atom stereocenters. The first-order valence-electron chi connectivity index (χ1n) is 4.97. The Hall–Kier alpha value is 0.452. The van der Waals surface area contributed by atoms with Crippen LogP contribution in [0.3, 0.4) is 0 Å². The van der Waals surface area contributed by atoms with Gasteiger partial charge in [0.1, 0.15) is 0 Å². The van der Waals surface area contributed by atoms with Gasteiger partial charge in [-0.1, -0.05) is 6.92 Å². The average Bonchev–Trinajstić information content (AvgIpc) is 2.05. The zero-order chi connectivity index (χ0) is 9.40. The Morgan fingerprint density at radius 2 is 1.58 bits per heavy atom. The molecular formula is C9H22AlNO. The minimum Gasteiger partial charge on any atom is -0.379 e. The van der Waals surface area contributed by atoms with E-state index in [2.05, 4.69) is 29.2 Å². The van der Waals surface area contributed by atoms with Crippen molar-refractivity contribution in [2.45, 2.75) is 24.3 Å². The third-order valence-corrected chi connectivity index (χ3v) is 1.55. The second kappa shape index (κ2) is 8.07. The van der Waals surface area contributed by atoms with Crippen molar-refractivity contribution in [2.75, 3.05) is 32.8 Å². The van der Waals surface area contributed by atoms with Gasteiger partial charge in [0.05, 0.1) is 13.2 Å². The number of likely N-dealkylation sites (N-methyl/N-ethyl adjacent to an activating group) is 1. The van der Waals surface area contributed by atoms with E-state index < -0.39 is 0 Å². The van der Waals surface area contributed by atoms with E-state index in [1.165, 1.54) is 6.54 Å². The van der Waals surface area contributed by atoms with E-state index >= 15 is 0 Å². The highest BCUT2D eigenvalue weighted by molar-refractivity contribution is 6.54. The van der Waals surface area contributed by atoms with Crippen molar-refractivity contribution in [3.05, 3.63) is 0 Å². The Bertz CT molecular complexity index is 89.8. The Balaban J connectivity index is 0.000000261. The third-order valence-electron chi connectivity index (χ3n) is 1.55. The maximum atomic E-state index is 5.16. The summed E-state index contributed by atoms with van der Waals surface area (Å²) in [5.74, 6) is 6.92. The molecule has 0 radical (unpaired) electrons. The normalized spacial score (nSPS) is 18.0. The number of ether oxygens (including phenoxy) is 1. The van der Waals surface area contributed by atoms with Gasteiger partial charge in [0.25, 0.3) is 14.1 Å². The van der Waals surface area contributed by atoms with Crippen molar-refractivity contribution in [1.29, 1.82) is 0 Å². The molecule has 1 heterocycles. The standard InChI is InChI=1S/C6H13NO.3CH3.Al/c1-2-7-3-5-8-6-4-7;;;;/h2-6H2,1H3;3*1H3;. The van der Waals surface area contributed by atoms with Crippen molar-refractivity contribution < 1.29 is 4.74 Å². The smallest absolute Gasteiger partial charge is 0.251 e. The maximum absolute atomic E-state index is 5.16. The van der Waals surface area contributed by atoms with Crippen LogP contribution in [0, 0.1) is 0 Å². The van der Waals surface area contributed by atoms with E-state index in [1.54, 1.807) is 0 Å². The van der Waals surface area contributed by atoms with Crippen molar-refractivity contribution in [3.63, 3.8) is 0 Å². The zero-order valence-electron chi connectivity index (χ0n) is 8.97.